The molecule has 0 radical (unpaired) electrons. The zero-order valence-electron chi connectivity index (χ0n) is 13.7. The average molecular weight is 328 g/mol. The predicted octanol–water partition coefficient (Wildman–Crippen LogP) is 4.01. The fourth-order valence-corrected chi connectivity index (χ4v) is 3.81. The number of likely N-dealkylation sites (tertiary alicyclic amines) is 1. The van der Waals surface area contributed by atoms with Gasteiger partial charge in [0, 0.05) is 24.0 Å². The van der Waals surface area contributed by atoms with Crippen LogP contribution >= 0.6 is 11.3 Å². The summed E-state index contributed by atoms with van der Waals surface area (Å²) in [7, 11) is 1.86. The first kappa shape index (κ1) is 16.2. The van der Waals surface area contributed by atoms with Crippen LogP contribution in [0.3, 0.4) is 0 Å². The fraction of sp³-hybridized carbons (Fsp3) is 0.421. The largest absolute Gasteiger partial charge is 0.337 e. The Bertz CT molecular complexity index is 615. The lowest BCUT2D eigenvalue weighted by Gasteiger charge is -2.26. The maximum absolute atomic E-state index is 12.5. The van der Waals surface area contributed by atoms with Crippen molar-refractivity contribution in [3.63, 3.8) is 0 Å². The van der Waals surface area contributed by atoms with Gasteiger partial charge in [-0.3, -0.25) is 9.69 Å². The van der Waals surface area contributed by atoms with Gasteiger partial charge in [0.2, 0.25) is 0 Å². The van der Waals surface area contributed by atoms with E-state index in [1.54, 1.807) is 16.2 Å². The highest BCUT2D eigenvalue weighted by molar-refractivity contribution is 7.09. The van der Waals surface area contributed by atoms with Crippen LogP contribution < -0.4 is 0 Å². The number of benzene rings is 1. The van der Waals surface area contributed by atoms with Crippen LogP contribution in [-0.4, -0.2) is 35.8 Å². The van der Waals surface area contributed by atoms with E-state index < -0.39 is 0 Å². The van der Waals surface area contributed by atoms with Gasteiger partial charge >= 0.3 is 0 Å². The molecule has 122 valence electrons. The zero-order valence-corrected chi connectivity index (χ0v) is 14.5. The molecule has 0 bridgehead atoms. The Morgan fingerprint density at radius 1 is 1.13 bits per heavy atom. The van der Waals surface area contributed by atoms with Gasteiger partial charge in [-0.1, -0.05) is 24.6 Å². The standard InChI is InChI=1S/C19H24N2OS/c1-20(15-18-6-5-13-23-18)19(22)17-9-7-16(8-10-17)14-21-11-3-2-4-12-21/h5-10,13H,2-4,11-12,14-15H2,1H3. The van der Waals surface area contributed by atoms with Crippen LogP contribution in [0.2, 0.25) is 0 Å². The van der Waals surface area contributed by atoms with E-state index in [4.69, 9.17) is 0 Å². The minimum atomic E-state index is 0.0860. The molecule has 23 heavy (non-hydrogen) atoms. The van der Waals surface area contributed by atoms with Crippen molar-refractivity contribution in [1.82, 2.24) is 9.80 Å². The molecule has 1 aliphatic heterocycles. The van der Waals surface area contributed by atoms with Crippen molar-refractivity contribution in [3.8, 4) is 0 Å². The lowest BCUT2D eigenvalue weighted by atomic mass is 10.1. The number of nitrogens with zero attached hydrogens (tertiary/aromatic N) is 2. The molecule has 4 heteroatoms. The highest BCUT2D eigenvalue weighted by Gasteiger charge is 2.14. The molecule has 2 aromatic rings. The predicted molar refractivity (Wildman–Crippen MR) is 95.7 cm³/mol. The third-order valence-electron chi connectivity index (χ3n) is 4.38. The van der Waals surface area contributed by atoms with Crippen LogP contribution in [0.25, 0.3) is 0 Å². The molecule has 0 aliphatic carbocycles. The molecule has 1 fully saturated rings. The molecule has 0 N–H and O–H groups in total. The van der Waals surface area contributed by atoms with Crippen LogP contribution in [0.4, 0.5) is 0 Å². The summed E-state index contributed by atoms with van der Waals surface area (Å²) in [5, 5.41) is 2.04. The number of hydrogen-bond acceptors (Lipinski definition) is 3. The van der Waals surface area contributed by atoms with Gasteiger partial charge in [-0.2, -0.15) is 0 Å². The van der Waals surface area contributed by atoms with Crippen molar-refractivity contribution >= 4 is 17.2 Å². The van der Waals surface area contributed by atoms with Gasteiger partial charge in [0.25, 0.3) is 5.91 Å². The second kappa shape index (κ2) is 7.75. The first-order valence-corrected chi connectivity index (χ1v) is 9.19. The fourth-order valence-electron chi connectivity index (χ4n) is 3.06. The van der Waals surface area contributed by atoms with E-state index in [0.29, 0.717) is 6.54 Å². The maximum atomic E-state index is 12.5. The molecule has 1 saturated heterocycles. The summed E-state index contributed by atoms with van der Waals surface area (Å²) in [6, 6.07) is 12.2. The van der Waals surface area contributed by atoms with Crippen molar-refractivity contribution in [2.24, 2.45) is 0 Å². The molecule has 0 saturated carbocycles. The summed E-state index contributed by atoms with van der Waals surface area (Å²) in [6.45, 7) is 4.07. The molecular weight excluding hydrogens is 304 g/mol. The number of piperidine rings is 1. The number of thiophene rings is 1. The highest BCUT2D eigenvalue weighted by Crippen LogP contribution is 2.16. The van der Waals surface area contributed by atoms with E-state index in [9.17, 15) is 4.79 Å². The quantitative estimate of drug-likeness (QED) is 0.828. The highest BCUT2D eigenvalue weighted by atomic mass is 32.1. The van der Waals surface area contributed by atoms with E-state index in [1.165, 1.54) is 42.8 Å². The lowest BCUT2D eigenvalue weighted by molar-refractivity contribution is 0.0786. The lowest BCUT2D eigenvalue weighted by Crippen LogP contribution is -2.29. The van der Waals surface area contributed by atoms with Gasteiger partial charge in [0.05, 0.1) is 6.54 Å². The van der Waals surface area contributed by atoms with Crippen LogP contribution in [0.5, 0.6) is 0 Å². The van der Waals surface area contributed by atoms with Crippen molar-refractivity contribution in [1.29, 1.82) is 0 Å². The average Bonchev–Trinajstić information content (AvgIpc) is 3.09. The molecule has 3 nitrogen and oxygen atoms in total. The van der Waals surface area contributed by atoms with Crippen LogP contribution in [-0.2, 0) is 13.1 Å². The number of rotatable bonds is 5. The summed E-state index contributed by atoms with van der Waals surface area (Å²) in [4.78, 5) is 18.0. The topological polar surface area (TPSA) is 23.6 Å². The molecule has 2 heterocycles. The minimum Gasteiger partial charge on any atom is -0.337 e. The summed E-state index contributed by atoms with van der Waals surface area (Å²) in [5.74, 6) is 0.0860. The Labute approximate surface area is 142 Å². The Kier molecular flexibility index (Phi) is 5.47. The molecular formula is C19H24N2OS. The van der Waals surface area contributed by atoms with Crippen molar-refractivity contribution in [3.05, 3.63) is 57.8 Å². The third-order valence-corrected chi connectivity index (χ3v) is 5.24. The van der Waals surface area contributed by atoms with Gasteiger partial charge in [-0.15, -0.1) is 11.3 Å². The first-order chi connectivity index (χ1) is 11.2. The summed E-state index contributed by atoms with van der Waals surface area (Å²) < 4.78 is 0. The molecule has 1 amide bonds. The smallest absolute Gasteiger partial charge is 0.253 e. The van der Waals surface area contributed by atoms with Gasteiger partial charge in [-0.25, -0.2) is 0 Å². The third kappa shape index (κ3) is 4.43. The van der Waals surface area contributed by atoms with Crippen molar-refractivity contribution in [2.75, 3.05) is 20.1 Å². The van der Waals surface area contributed by atoms with Gasteiger partial charge in [0.15, 0.2) is 0 Å². The normalized spacial score (nSPS) is 15.5. The molecule has 0 unspecified atom stereocenters. The van der Waals surface area contributed by atoms with Crippen LogP contribution in [0.1, 0.15) is 40.1 Å². The molecule has 1 aliphatic rings. The van der Waals surface area contributed by atoms with Crippen LogP contribution in [0.15, 0.2) is 41.8 Å². The zero-order chi connectivity index (χ0) is 16.1. The number of carbonyl (C=O) groups is 1. The van der Waals surface area contributed by atoms with Crippen molar-refractivity contribution < 1.29 is 4.79 Å². The number of hydrogen-bond donors (Lipinski definition) is 0. The molecule has 0 spiro atoms. The van der Waals surface area contributed by atoms with E-state index in [2.05, 4.69) is 23.1 Å². The number of carbonyl (C=O) groups excluding carboxylic acids is 1. The monoisotopic (exact) mass is 328 g/mol. The summed E-state index contributed by atoms with van der Waals surface area (Å²) in [6.07, 6.45) is 3.98. The van der Waals surface area contributed by atoms with E-state index in [-0.39, 0.29) is 5.91 Å². The van der Waals surface area contributed by atoms with Crippen LogP contribution in [0, 0.1) is 0 Å². The first-order valence-electron chi connectivity index (χ1n) is 8.31. The Hall–Kier alpha value is -1.65. The molecule has 0 atom stereocenters. The summed E-state index contributed by atoms with van der Waals surface area (Å²) in [5.41, 5.74) is 2.07. The SMILES string of the molecule is CN(Cc1cccs1)C(=O)c1ccc(CN2CCCCC2)cc1. The van der Waals surface area contributed by atoms with E-state index in [1.807, 2.05) is 30.6 Å². The van der Waals surface area contributed by atoms with Gasteiger partial charge < -0.3 is 4.90 Å². The minimum absolute atomic E-state index is 0.0860. The second-order valence-electron chi connectivity index (χ2n) is 6.27. The van der Waals surface area contributed by atoms with E-state index in [0.717, 1.165) is 12.1 Å². The van der Waals surface area contributed by atoms with Crippen molar-refractivity contribution in [2.45, 2.75) is 32.4 Å². The molecule has 1 aromatic carbocycles. The second-order valence-corrected chi connectivity index (χ2v) is 7.31. The molecule has 1 aromatic heterocycles. The number of amides is 1. The Morgan fingerprint density at radius 2 is 1.87 bits per heavy atom. The van der Waals surface area contributed by atoms with Gasteiger partial charge in [0.1, 0.15) is 0 Å². The van der Waals surface area contributed by atoms with Gasteiger partial charge in [-0.05, 0) is 55.1 Å². The summed E-state index contributed by atoms with van der Waals surface area (Å²) >= 11 is 1.69. The maximum Gasteiger partial charge on any atom is 0.253 e. The Balaban J connectivity index is 1.58. The molecule has 3 rings (SSSR count). The Morgan fingerprint density at radius 3 is 2.52 bits per heavy atom. The van der Waals surface area contributed by atoms with E-state index >= 15 is 0 Å².